The molecular formula is C8H14O6. The second-order valence-electron chi connectivity index (χ2n) is 3.26. The van der Waals surface area contributed by atoms with Gasteiger partial charge in [0, 0.05) is 13.0 Å². The van der Waals surface area contributed by atoms with Gasteiger partial charge in [0.05, 0.1) is 19.1 Å². The van der Waals surface area contributed by atoms with Crippen LogP contribution in [0.2, 0.25) is 0 Å². The van der Waals surface area contributed by atoms with Gasteiger partial charge in [-0.15, -0.1) is 0 Å². The van der Waals surface area contributed by atoms with E-state index in [1.54, 1.807) is 0 Å². The van der Waals surface area contributed by atoms with Crippen molar-refractivity contribution in [2.24, 2.45) is 5.92 Å². The Hall–Kier alpha value is -0.690. The summed E-state index contributed by atoms with van der Waals surface area (Å²) >= 11 is 0. The van der Waals surface area contributed by atoms with Crippen LogP contribution in [0.15, 0.2) is 0 Å². The van der Waals surface area contributed by atoms with Crippen LogP contribution in [0.25, 0.3) is 0 Å². The second kappa shape index (κ2) is 4.70. The molecule has 1 rings (SSSR count). The first-order valence-electron chi connectivity index (χ1n) is 4.28. The third kappa shape index (κ3) is 2.42. The van der Waals surface area contributed by atoms with Crippen LogP contribution in [0, 0.1) is 5.92 Å². The topological polar surface area (TPSA) is 96.2 Å². The van der Waals surface area contributed by atoms with Crippen LogP contribution in [0.3, 0.4) is 0 Å². The predicted octanol–water partition coefficient (Wildman–Crippen LogP) is -1.20. The van der Waals surface area contributed by atoms with Gasteiger partial charge in [0.2, 0.25) is 0 Å². The van der Waals surface area contributed by atoms with Gasteiger partial charge in [0.1, 0.15) is 6.10 Å². The highest BCUT2D eigenvalue weighted by Gasteiger charge is 2.39. The molecule has 1 saturated heterocycles. The standard InChI is InChI=1S/C8H14O6/c1-13-8-4(2-6(10)11)7(12)5(9)3-14-8/h4-5,7-9,12H,2-3H2,1H3,(H,10,11)/t4-,5-,7+,8-/m1/s1. The second-order valence-corrected chi connectivity index (χ2v) is 3.26. The van der Waals surface area contributed by atoms with Gasteiger partial charge >= 0.3 is 5.97 Å². The van der Waals surface area contributed by atoms with E-state index in [-0.39, 0.29) is 13.0 Å². The van der Waals surface area contributed by atoms with Crippen molar-refractivity contribution in [2.75, 3.05) is 13.7 Å². The summed E-state index contributed by atoms with van der Waals surface area (Å²) in [5.41, 5.74) is 0. The Morgan fingerprint density at radius 1 is 1.57 bits per heavy atom. The van der Waals surface area contributed by atoms with E-state index in [4.69, 9.17) is 14.6 Å². The Morgan fingerprint density at radius 3 is 2.71 bits per heavy atom. The number of hydrogen-bond acceptors (Lipinski definition) is 5. The van der Waals surface area contributed by atoms with E-state index in [2.05, 4.69) is 0 Å². The largest absolute Gasteiger partial charge is 0.481 e. The van der Waals surface area contributed by atoms with Gasteiger partial charge in [-0.25, -0.2) is 0 Å². The number of methoxy groups -OCH3 is 1. The van der Waals surface area contributed by atoms with Gasteiger partial charge in [-0.2, -0.15) is 0 Å². The number of ether oxygens (including phenoxy) is 2. The number of aliphatic carboxylic acids is 1. The summed E-state index contributed by atoms with van der Waals surface area (Å²) in [6.07, 6.45) is -3.24. The van der Waals surface area contributed by atoms with Crippen LogP contribution in [0.1, 0.15) is 6.42 Å². The maximum atomic E-state index is 10.5. The minimum atomic E-state index is -1.12. The molecule has 0 aliphatic carbocycles. The van der Waals surface area contributed by atoms with Crippen LogP contribution in [-0.2, 0) is 14.3 Å². The first-order valence-corrected chi connectivity index (χ1v) is 4.28. The van der Waals surface area contributed by atoms with Crippen molar-refractivity contribution in [3.05, 3.63) is 0 Å². The van der Waals surface area contributed by atoms with Crippen LogP contribution in [0.4, 0.5) is 0 Å². The van der Waals surface area contributed by atoms with Crippen molar-refractivity contribution in [3.63, 3.8) is 0 Å². The van der Waals surface area contributed by atoms with E-state index in [0.29, 0.717) is 0 Å². The summed E-state index contributed by atoms with van der Waals surface area (Å²) in [6.45, 7) is -0.0458. The molecule has 4 atom stereocenters. The summed E-state index contributed by atoms with van der Waals surface area (Å²) in [5, 5.41) is 27.3. The molecule has 1 aliphatic heterocycles. The van der Waals surface area contributed by atoms with E-state index in [9.17, 15) is 15.0 Å². The molecule has 1 fully saturated rings. The molecule has 0 aromatic rings. The average molecular weight is 206 g/mol. The van der Waals surface area contributed by atoms with Gasteiger partial charge in [0.15, 0.2) is 6.29 Å². The number of rotatable bonds is 3. The minimum Gasteiger partial charge on any atom is -0.481 e. The third-order valence-corrected chi connectivity index (χ3v) is 2.26. The number of hydrogen-bond donors (Lipinski definition) is 3. The van der Waals surface area contributed by atoms with E-state index in [1.807, 2.05) is 0 Å². The predicted molar refractivity (Wildman–Crippen MR) is 44.5 cm³/mol. The van der Waals surface area contributed by atoms with Crippen molar-refractivity contribution < 1.29 is 29.6 Å². The van der Waals surface area contributed by atoms with Crippen LogP contribution < -0.4 is 0 Å². The van der Waals surface area contributed by atoms with Gasteiger partial charge < -0.3 is 24.8 Å². The molecular weight excluding hydrogens is 192 g/mol. The average Bonchev–Trinajstić information content (AvgIpc) is 2.13. The highest BCUT2D eigenvalue weighted by Crippen LogP contribution is 2.25. The lowest BCUT2D eigenvalue weighted by Crippen LogP contribution is -2.50. The summed E-state index contributed by atoms with van der Waals surface area (Å²) in [6, 6.07) is 0. The SMILES string of the molecule is CO[C@@H]1OC[C@@H](O)[C@@H](O)[C@H]1CC(=O)O. The third-order valence-electron chi connectivity index (χ3n) is 2.26. The lowest BCUT2D eigenvalue weighted by molar-refractivity contribution is -0.242. The maximum Gasteiger partial charge on any atom is 0.303 e. The molecule has 0 amide bonds. The van der Waals surface area contributed by atoms with Crippen molar-refractivity contribution in [3.8, 4) is 0 Å². The Morgan fingerprint density at radius 2 is 2.21 bits per heavy atom. The highest BCUT2D eigenvalue weighted by atomic mass is 16.7. The first-order chi connectivity index (χ1) is 6.56. The number of carboxylic acids is 1. The quantitative estimate of drug-likeness (QED) is 0.537. The minimum absolute atomic E-state index is 0.0458. The molecule has 0 aromatic heterocycles. The molecule has 1 heterocycles. The summed E-state index contributed by atoms with van der Waals surface area (Å²) < 4.78 is 9.89. The van der Waals surface area contributed by atoms with Crippen LogP contribution >= 0.6 is 0 Å². The molecule has 6 nitrogen and oxygen atoms in total. The molecule has 0 unspecified atom stereocenters. The van der Waals surface area contributed by atoms with Crippen molar-refractivity contribution >= 4 is 5.97 Å². The molecule has 1 aliphatic rings. The summed E-state index contributed by atoms with van der Waals surface area (Å²) in [7, 11) is 1.37. The van der Waals surface area contributed by atoms with Crippen molar-refractivity contribution in [2.45, 2.75) is 24.9 Å². The molecule has 0 spiro atoms. The molecule has 6 heteroatoms. The molecule has 0 saturated carbocycles. The first kappa shape index (κ1) is 11.4. The molecule has 14 heavy (non-hydrogen) atoms. The Balaban J connectivity index is 2.66. The molecule has 0 bridgehead atoms. The van der Waals surface area contributed by atoms with E-state index in [0.717, 1.165) is 0 Å². The monoisotopic (exact) mass is 206 g/mol. The molecule has 82 valence electrons. The number of carbonyl (C=O) groups is 1. The smallest absolute Gasteiger partial charge is 0.303 e. The Bertz CT molecular complexity index is 204. The van der Waals surface area contributed by atoms with Gasteiger partial charge in [-0.3, -0.25) is 4.79 Å². The van der Waals surface area contributed by atoms with Crippen LogP contribution in [-0.4, -0.2) is 53.5 Å². The zero-order valence-electron chi connectivity index (χ0n) is 7.79. The Labute approximate surface area is 81.1 Å². The summed E-state index contributed by atoms with van der Waals surface area (Å²) in [4.78, 5) is 10.5. The number of carboxylic acid groups (broad SMARTS) is 1. The fourth-order valence-corrected chi connectivity index (χ4v) is 1.52. The lowest BCUT2D eigenvalue weighted by Gasteiger charge is -2.36. The van der Waals surface area contributed by atoms with Gasteiger partial charge in [-0.05, 0) is 0 Å². The van der Waals surface area contributed by atoms with Crippen molar-refractivity contribution in [1.82, 2.24) is 0 Å². The molecule has 3 N–H and O–H groups in total. The van der Waals surface area contributed by atoms with Crippen LogP contribution in [0.5, 0.6) is 0 Å². The maximum absolute atomic E-state index is 10.5. The van der Waals surface area contributed by atoms with E-state index >= 15 is 0 Å². The normalized spacial score (nSPS) is 38.2. The number of aliphatic hydroxyl groups is 2. The zero-order chi connectivity index (χ0) is 10.7. The number of aliphatic hydroxyl groups excluding tert-OH is 2. The van der Waals surface area contributed by atoms with E-state index in [1.165, 1.54) is 7.11 Å². The fourth-order valence-electron chi connectivity index (χ4n) is 1.52. The Kier molecular flexibility index (Phi) is 3.82. The van der Waals surface area contributed by atoms with Gasteiger partial charge in [-0.1, -0.05) is 0 Å². The molecule has 0 aromatic carbocycles. The fraction of sp³-hybridized carbons (Fsp3) is 0.875. The zero-order valence-corrected chi connectivity index (χ0v) is 7.79. The van der Waals surface area contributed by atoms with Gasteiger partial charge in [0.25, 0.3) is 0 Å². The van der Waals surface area contributed by atoms with Crippen molar-refractivity contribution in [1.29, 1.82) is 0 Å². The molecule has 0 radical (unpaired) electrons. The summed E-state index contributed by atoms with van der Waals surface area (Å²) in [5.74, 6) is -1.80. The lowest BCUT2D eigenvalue weighted by atomic mass is 9.92. The highest BCUT2D eigenvalue weighted by molar-refractivity contribution is 5.67. The van der Waals surface area contributed by atoms with E-state index < -0.39 is 30.4 Å².